The number of benzene rings is 2. The fraction of sp³-hybridized carbons (Fsp3) is 0.250. The van der Waals surface area contributed by atoms with Crippen molar-refractivity contribution in [3.63, 3.8) is 0 Å². The Bertz CT molecular complexity index is 631. The van der Waals surface area contributed by atoms with Crippen LogP contribution in [0, 0.1) is 5.82 Å². The second-order valence-electron chi connectivity index (χ2n) is 4.58. The molecule has 0 aliphatic carbocycles. The van der Waals surface area contributed by atoms with Gasteiger partial charge in [-0.2, -0.15) is 0 Å². The molecule has 0 radical (unpaired) electrons. The number of ether oxygens (including phenoxy) is 2. The SMILES string of the molecule is COc1ccc(CC(O)c2ccc(Br)c(F)c2)cc1OC. The molecule has 0 saturated heterocycles. The van der Waals surface area contributed by atoms with Crippen molar-refractivity contribution in [1.29, 1.82) is 0 Å². The normalized spacial score (nSPS) is 12.0. The summed E-state index contributed by atoms with van der Waals surface area (Å²) in [7, 11) is 3.12. The highest BCUT2D eigenvalue weighted by Crippen LogP contribution is 2.30. The summed E-state index contributed by atoms with van der Waals surface area (Å²) in [5.74, 6) is 0.841. The molecule has 21 heavy (non-hydrogen) atoms. The van der Waals surface area contributed by atoms with E-state index >= 15 is 0 Å². The van der Waals surface area contributed by atoms with Crippen LogP contribution < -0.4 is 9.47 Å². The predicted octanol–water partition coefficient (Wildman–Crippen LogP) is 3.88. The van der Waals surface area contributed by atoms with Crippen LogP contribution in [0.25, 0.3) is 0 Å². The lowest BCUT2D eigenvalue weighted by molar-refractivity contribution is 0.178. The standard InChI is InChI=1S/C16H16BrFO3/c1-20-15-6-3-10(8-16(15)21-2)7-14(19)11-4-5-12(17)13(18)9-11/h3-6,8-9,14,19H,7H2,1-2H3. The zero-order valence-corrected chi connectivity index (χ0v) is 13.4. The molecule has 1 atom stereocenters. The van der Waals surface area contributed by atoms with Crippen LogP contribution in [0.2, 0.25) is 0 Å². The topological polar surface area (TPSA) is 38.7 Å². The van der Waals surface area contributed by atoms with Gasteiger partial charge in [0, 0.05) is 6.42 Å². The fourth-order valence-electron chi connectivity index (χ4n) is 2.07. The zero-order valence-electron chi connectivity index (χ0n) is 11.8. The molecule has 3 nitrogen and oxygen atoms in total. The maximum absolute atomic E-state index is 13.5. The van der Waals surface area contributed by atoms with Gasteiger partial charge in [0.25, 0.3) is 0 Å². The van der Waals surface area contributed by atoms with Crippen molar-refractivity contribution >= 4 is 15.9 Å². The second kappa shape index (κ2) is 6.91. The Morgan fingerprint density at radius 2 is 1.81 bits per heavy atom. The highest BCUT2D eigenvalue weighted by molar-refractivity contribution is 9.10. The number of methoxy groups -OCH3 is 2. The molecule has 0 saturated carbocycles. The molecule has 2 aromatic carbocycles. The van der Waals surface area contributed by atoms with Gasteiger partial charge in [0.15, 0.2) is 11.5 Å². The Morgan fingerprint density at radius 1 is 1.10 bits per heavy atom. The molecule has 0 bridgehead atoms. The summed E-state index contributed by atoms with van der Waals surface area (Å²) in [5, 5.41) is 10.2. The first-order valence-electron chi connectivity index (χ1n) is 6.39. The molecule has 0 aliphatic rings. The van der Waals surface area contributed by atoms with Crippen LogP contribution in [0.1, 0.15) is 17.2 Å². The van der Waals surface area contributed by atoms with E-state index in [4.69, 9.17) is 9.47 Å². The van der Waals surface area contributed by atoms with Crippen molar-refractivity contribution in [2.45, 2.75) is 12.5 Å². The maximum atomic E-state index is 13.5. The monoisotopic (exact) mass is 354 g/mol. The highest BCUT2D eigenvalue weighted by Gasteiger charge is 2.13. The Hall–Kier alpha value is -1.59. The van der Waals surface area contributed by atoms with Crippen molar-refractivity contribution in [2.75, 3.05) is 14.2 Å². The fourth-order valence-corrected chi connectivity index (χ4v) is 2.31. The average Bonchev–Trinajstić information content (AvgIpc) is 2.49. The first-order valence-corrected chi connectivity index (χ1v) is 7.18. The Labute approximate surface area is 131 Å². The van der Waals surface area contributed by atoms with E-state index in [0.29, 0.717) is 28.0 Å². The van der Waals surface area contributed by atoms with Crippen LogP contribution in [0.4, 0.5) is 4.39 Å². The molecule has 0 spiro atoms. The minimum Gasteiger partial charge on any atom is -0.493 e. The van der Waals surface area contributed by atoms with Gasteiger partial charge in [-0.3, -0.25) is 0 Å². The van der Waals surface area contributed by atoms with Gasteiger partial charge < -0.3 is 14.6 Å². The summed E-state index contributed by atoms with van der Waals surface area (Å²) in [6.07, 6.45) is -0.424. The van der Waals surface area contributed by atoms with Gasteiger partial charge in [0.1, 0.15) is 5.82 Å². The van der Waals surface area contributed by atoms with E-state index in [2.05, 4.69) is 15.9 Å². The largest absolute Gasteiger partial charge is 0.493 e. The van der Waals surface area contributed by atoms with E-state index in [1.165, 1.54) is 6.07 Å². The number of hydrogen-bond acceptors (Lipinski definition) is 3. The molecule has 5 heteroatoms. The molecule has 0 amide bonds. The molecular weight excluding hydrogens is 339 g/mol. The molecule has 0 fully saturated rings. The first-order chi connectivity index (χ1) is 10.0. The lowest BCUT2D eigenvalue weighted by Crippen LogP contribution is -2.03. The van der Waals surface area contributed by atoms with Gasteiger partial charge in [-0.05, 0) is 51.3 Å². The molecule has 2 aromatic rings. The summed E-state index contributed by atoms with van der Waals surface area (Å²) in [5.41, 5.74) is 1.41. The molecule has 1 N–H and O–H groups in total. The third-order valence-electron chi connectivity index (χ3n) is 3.21. The van der Waals surface area contributed by atoms with Crippen LogP contribution in [0.3, 0.4) is 0 Å². The van der Waals surface area contributed by atoms with E-state index in [0.717, 1.165) is 5.56 Å². The Morgan fingerprint density at radius 3 is 2.43 bits per heavy atom. The first kappa shape index (κ1) is 15.8. The van der Waals surface area contributed by atoms with E-state index in [1.54, 1.807) is 38.5 Å². The molecular formula is C16H16BrFO3. The van der Waals surface area contributed by atoms with Crippen LogP contribution in [0.5, 0.6) is 11.5 Å². The van der Waals surface area contributed by atoms with Crippen molar-refractivity contribution in [2.24, 2.45) is 0 Å². The highest BCUT2D eigenvalue weighted by atomic mass is 79.9. The zero-order chi connectivity index (χ0) is 15.4. The molecule has 112 valence electrons. The lowest BCUT2D eigenvalue weighted by atomic mass is 10.0. The summed E-state index contributed by atoms with van der Waals surface area (Å²) in [6.45, 7) is 0. The molecule has 0 aliphatic heterocycles. The van der Waals surface area contributed by atoms with Crippen molar-refractivity contribution in [3.05, 3.63) is 57.8 Å². The number of halogens is 2. The Kier molecular flexibility index (Phi) is 5.20. The van der Waals surface area contributed by atoms with Gasteiger partial charge in [-0.15, -0.1) is 0 Å². The van der Waals surface area contributed by atoms with Crippen molar-refractivity contribution in [3.8, 4) is 11.5 Å². The van der Waals surface area contributed by atoms with Gasteiger partial charge in [-0.1, -0.05) is 12.1 Å². The predicted molar refractivity (Wildman–Crippen MR) is 82.3 cm³/mol. The maximum Gasteiger partial charge on any atom is 0.160 e. The van der Waals surface area contributed by atoms with Crippen LogP contribution in [0.15, 0.2) is 40.9 Å². The third-order valence-corrected chi connectivity index (χ3v) is 3.85. The molecule has 1 unspecified atom stereocenters. The van der Waals surface area contributed by atoms with Crippen LogP contribution >= 0.6 is 15.9 Å². The summed E-state index contributed by atoms with van der Waals surface area (Å²) in [4.78, 5) is 0. The van der Waals surface area contributed by atoms with E-state index in [-0.39, 0.29) is 5.82 Å². The minimum atomic E-state index is -0.786. The summed E-state index contributed by atoms with van der Waals surface area (Å²) >= 11 is 3.09. The van der Waals surface area contributed by atoms with Gasteiger partial charge >= 0.3 is 0 Å². The number of hydrogen-bond donors (Lipinski definition) is 1. The number of aliphatic hydroxyl groups excluding tert-OH is 1. The van der Waals surface area contributed by atoms with E-state index in [1.807, 2.05) is 6.07 Å². The second-order valence-corrected chi connectivity index (χ2v) is 5.44. The van der Waals surface area contributed by atoms with Gasteiger partial charge in [-0.25, -0.2) is 4.39 Å². The molecule has 0 aromatic heterocycles. The van der Waals surface area contributed by atoms with Crippen LogP contribution in [-0.2, 0) is 6.42 Å². The summed E-state index contributed by atoms with van der Waals surface area (Å²) in [6, 6.07) is 10.0. The smallest absolute Gasteiger partial charge is 0.160 e. The Balaban J connectivity index is 2.18. The molecule has 0 heterocycles. The minimum absolute atomic E-state index is 0.363. The van der Waals surface area contributed by atoms with Crippen LogP contribution in [-0.4, -0.2) is 19.3 Å². The summed E-state index contributed by atoms with van der Waals surface area (Å²) < 4.78 is 24.3. The number of rotatable bonds is 5. The van der Waals surface area contributed by atoms with Crippen molar-refractivity contribution < 1.29 is 19.0 Å². The lowest BCUT2D eigenvalue weighted by Gasteiger charge is -2.14. The molecule has 2 rings (SSSR count). The van der Waals surface area contributed by atoms with E-state index in [9.17, 15) is 9.50 Å². The van der Waals surface area contributed by atoms with E-state index < -0.39 is 6.10 Å². The van der Waals surface area contributed by atoms with Gasteiger partial charge in [0.05, 0.1) is 24.8 Å². The van der Waals surface area contributed by atoms with Gasteiger partial charge in [0.2, 0.25) is 0 Å². The average molecular weight is 355 g/mol. The third kappa shape index (κ3) is 3.74. The quantitative estimate of drug-likeness (QED) is 0.885. The van der Waals surface area contributed by atoms with Crippen molar-refractivity contribution in [1.82, 2.24) is 0 Å². The number of aliphatic hydroxyl groups is 1.